The van der Waals surface area contributed by atoms with Crippen LogP contribution in [0.2, 0.25) is 5.02 Å². The Morgan fingerprint density at radius 3 is 2.63 bits per heavy atom. The minimum absolute atomic E-state index is 0.0805. The van der Waals surface area contributed by atoms with Gasteiger partial charge in [0, 0.05) is 6.54 Å². The molecule has 0 saturated carbocycles. The number of halogens is 1. The van der Waals surface area contributed by atoms with Crippen LogP contribution in [-0.4, -0.2) is 18.6 Å². The van der Waals surface area contributed by atoms with Gasteiger partial charge in [0.05, 0.1) is 5.02 Å². The largest absolute Gasteiger partial charge is 0.479 e. The maximum Gasteiger partial charge on any atom is 0.261 e. The summed E-state index contributed by atoms with van der Waals surface area (Å²) in [6.07, 6.45) is 1.08. The number of benzene rings is 1. The smallest absolute Gasteiger partial charge is 0.261 e. The lowest BCUT2D eigenvalue weighted by molar-refractivity contribution is -0.128. The first-order chi connectivity index (χ1) is 9.04. The van der Waals surface area contributed by atoms with E-state index in [1.54, 1.807) is 12.1 Å². The van der Waals surface area contributed by atoms with Crippen molar-refractivity contribution in [3.63, 3.8) is 0 Å². The highest BCUT2D eigenvalue weighted by Crippen LogP contribution is 2.24. The van der Waals surface area contributed by atoms with E-state index in [9.17, 15) is 4.79 Å². The maximum atomic E-state index is 12.0. The molecule has 1 N–H and O–H groups in total. The van der Waals surface area contributed by atoms with E-state index in [1.165, 1.54) is 0 Å². The topological polar surface area (TPSA) is 38.3 Å². The lowest BCUT2D eigenvalue weighted by Crippen LogP contribution is -2.38. The average molecular weight is 284 g/mol. The van der Waals surface area contributed by atoms with Crippen molar-refractivity contribution in [1.29, 1.82) is 0 Å². The summed E-state index contributed by atoms with van der Waals surface area (Å²) in [5, 5.41) is 3.42. The fourth-order valence-electron chi connectivity index (χ4n) is 1.61. The standard InChI is InChI=1S/C15H22ClNO2/c1-4-13(15(18)17-10-9-11(2)3)19-14-8-6-5-7-12(14)16/h5-8,11,13H,4,9-10H2,1-3H3,(H,17,18). The summed E-state index contributed by atoms with van der Waals surface area (Å²) < 4.78 is 5.67. The van der Waals surface area contributed by atoms with Gasteiger partial charge in [-0.3, -0.25) is 4.79 Å². The van der Waals surface area contributed by atoms with Gasteiger partial charge in [-0.15, -0.1) is 0 Å². The van der Waals surface area contributed by atoms with Gasteiger partial charge in [-0.1, -0.05) is 44.5 Å². The van der Waals surface area contributed by atoms with Crippen LogP contribution in [0.4, 0.5) is 0 Å². The molecule has 1 aromatic rings. The van der Waals surface area contributed by atoms with Gasteiger partial charge in [-0.2, -0.15) is 0 Å². The number of para-hydroxylation sites is 1. The fourth-order valence-corrected chi connectivity index (χ4v) is 1.79. The first-order valence-electron chi connectivity index (χ1n) is 6.73. The Hall–Kier alpha value is -1.22. The Balaban J connectivity index is 2.53. The van der Waals surface area contributed by atoms with E-state index in [0.29, 0.717) is 29.7 Å². The van der Waals surface area contributed by atoms with Gasteiger partial charge in [0.2, 0.25) is 0 Å². The van der Waals surface area contributed by atoms with E-state index in [1.807, 2.05) is 19.1 Å². The number of amides is 1. The molecule has 0 saturated heterocycles. The summed E-state index contributed by atoms with van der Waals surface area (Å²) in [5.74, 6) is 1.04. The maximum absolute atomic E-state index is 12.0. The van der Waals surface area contributed by atoms with Crippen molar-refractivity contribution < 1.29 is 9.53 Å². The summed E-state index contributed by atoms with van der Waals surface area (Å²) in [6, 6.07) is 7.19. The molecule has 4 heteroatoms. The number of rotatable bonds is 7. The molecule has 0 heterocycles. The molecule has 1 atom stereocenters. The molecule has 0 radical (unpaired) electrons. The van der Waals surface area contributed by atoms with E-state index in [0.717, 1.165) is 6.42 Å². The van der Waals surface area contributed by atoms with Crippen molar-refractivity contribution in [3.05, 3.63) is 29.3 Å². The molecule has 0 aliphatic heterocycles. The first-order valence-corrected chi connectivity index (χ1v) is 7.11. The molecule has 19 heavy (non-hydrogen) atoms. The van der Waals surface area contributed by atoms with E-state index in [2.05, 4.69) is 19.2 Å². The normalized spacial score (nSPS) is 12.3. The number of carbonyl (C=O) groups excluding carboxylic acids is 1. The second kappa shape index (κ2) is 8.05. The molecule has 1 unspecified atom stereocenters. The van der Waals surface area contributed by atoms with Crippen LogP contribution in [0.15, 0.2) is 24.3 Å². The van der Waals surface area contributed by atoms with Gasteiger partial charge < -0.3 is 10.1 Å². The Morgan fingerprint density at radius 2 is 2.05 bits per heavy atom. The molecule has 0 aliphatic carbocycles. The molecule has 106 valence electrons. The Morgan fingerprint density at radius 1 is 1.37 bits per heavy atom. The van der Waals surface area contributed by atoms with Crippen LogP contribution < -0.4 is 10.1 Å². The van der Waals surface area contributed by atoms with E-state index >= 15 is 0 Å². The highest BCUT2D eigenvalue weighted by molar-refractivity contribution is 6.32. The van der Waals surface area contributed by atoms with Crippen LogP contribution in [0, 0.1) is 5.92 Å². The van der Waals surface area contributed by atoms with Crippen molar-refractivity contribution in [1.82, 2.24) is 5.32 Å². The van der Waals surface area contributed by atoms with Crippen molar-refractivity contribution in [2.75, 3.05) is 6.54 Å². The third-order valence-electron chi connectivity index (χ3n) is 2.79. The van der Waals surface area contributed by atoms with Crippen molar-refractivity contribution in [3.8, 4) is 5.75 Å². The van der Waals surface area contributed by atoms with Crippen LogP contribution in [0.25, 0.3) is 0 Å². The second-order valence-electron chi connectivity index (χ2n) is 4.92. The van der Waals surface area contributed by atoms with Crippen molar-refractivity contribution in [2.45, 2.75) is 39.7 Å². The monoisotopic (exact) mass is 283 g/mol. The number of hydrogen-bond acceptors (Lipinski definition) is 2. The molecule has 1 amide bonds. The lowest BCUT2D eigenvalue weighted by atomic mass is 10.1. The molecule has 1 rings (SSSR count). The lowest BCUT2D eigenvalue weighted by Gasteiger charge is -2.18. The fraction of sp³-hybridized carbons (Fsp3) is 0.533. The number of nitrogens with one attached hydrogen (secondary N) is 1. The van der Waals surface area contributed by atoms with Crippen LogP contribution in [0.3, 0.4) is 0 Å². The highest BCUT2D eigenvalue weighted by atomic mass is 35.5. The van der Waals surface area contributed by atoms with Crippen LogP contribution in [0.5, 0.6) is 5.75 Å². The zero-order valence-electron chi connectivity index (χ0n) is 11.8. The molecule has 0 fully saturated rings. The predicted octanol–water partition coefficient (Wildman–Crippen LogP) is 3.66. The Labute approximate surface area is 120 Å². The van der Waals surface area contributed by atoms with Gasteiger partial charge in [-0.05, 0) is 30.9 Å². The van der Waals surface area contributed by atoms with Gasteiger partial charge in [0.15, 0.2) is 6.10 Å². The predicted molar refractivity (Wildman–Crippen MR) is 78.6 cm³/mol. The zero-order chi connectivity index (χ0) is 14.3. The van der Waals surface area contributed by atoms with Crippen LogP contribution in [0.1, 0.15) is 33.6 Å². The number of ether oxygens (including phenoxy) is 1. The summed E-state index contributed by atoms with van der Waals surface area (Å²) in [5.41, 5.74) is 0. The van der Waals surface area contributed by atoms with E-state index in [-0.39, 0.29) is 5.91 Å². The average Bonchev–Trinajstić information content (AvgIpc) is 2.37. The zero-order valence-corrected chi connectivity index (χ0v) is 12.5. The quantitative estimate of drug-likeness (QED) is 0.829. The third kappa shape index (κ3) is 5.52. The molecule has 0 spiro atoms. The minimum Gasteiger partial charge on any atom is -0.479 e. The molecular formula is C15H22ClNO2. The number of hydrogen-bond donors (Lipinski definition) is 1. The molecule has 3 nitrogen and oxygen atoms in total. The molecule has 0 aromatic heterocycles. The van der Waals surface area contributed by atoms with Crippen molar-refractivity contribution >= 4 is 17.5 Å². The van der Waals surface area contributed by atoms with Crippen LogP contribution in [-0.2, 0) is 4.79 Å². The SMILES string of the molecule is CCC(Oc1ccccc1Cl)C(=O)NCCC(C)C. The minimum atomic E-state index is -0.493. The summed E-state index contributed by atoms with van der Waals surface area (Å²) >= 11 is 6.02. The van der Waals surface area contributed by atoms with Crippen molar-refractivity contribution in [2.24, 2.45) is 5.92 Å². The van der Waals surface area contributed by atoms with Gasteiger partial charge >= 0.3 is 0 Å². The van der Waals surface area contributed by atoms with E-state index < -0.39 is 6.10 Å². The molecule has 0 bridgehead atoms. The summed E-state index contributed by atoms with van der Waals surface area (Å²) in [7, 11) is 0. The third-order valence-corrected chi connectivity index (χ3v) is 3.10. The first kappa shape index (κ1) is 15.8. The highest BCUT2D eigenvalue weighted by Gasteiger charge is 2.18. The van der Waals surface area contributed by atoms with Gasteiger partial charge in [0.1, 0.15) is 5.75 Å². The summed E-state index contributed by atoms with van der Waals surface area (Å²) in [4.78, 5) is 12.0. The van der Waals surface area contributed by atoms with Gasteiger partial charge in [-0.25, -0.2) is 0 Å². The number of carbonyl (C=O) groups is 1. The van der Waals surface area contributed by atoms with Gasteiger partial charge in [0.25, 0.3) is 5.91 Å². The summed E-state index contributed by atoms with van der Waals surface area (Å²) in [6.45, 7) is 6.86. The van der Waals surface area contributed by atoms with E-state index in [4.69, 9.17) is 16.3 Å². The molecular weight excluding hydrogens is 262 g/mol. The molecule has 0 aliphatic rings. The molecule has 1 aromatic carbocycles. The second-order valence-corrected chi connectivity index (χ2v) is 5.33. The Kier molecular flexibility index (Phi) is 6.71. The Bertz CT molecular complexity index is 407. The van der Waals surface area contributed by atoms with Crippen LogP contribution >= 0.6 is 11.6 Å².